The molecule has 132 valence electrons. The molecule has 1 aromatic carbocycles. The van der Waals surface area contributed by atoms with Gasteiger partial charge < -0.3 is 10.0 Å². The lowest BCUT2D eigenvalue weighted by atomic mass is 10.0. The fourth-order valence-electron chi connectivity index (χ4n) is 3.71. The smallest absolute Gasteiger partial charge is 0.147 e. The van der Waals surface area contributed by atoms with E-state index in [1.165, 1.54) is 0 Å². The van der Waals surface area contributed by atoms with E-state index in [0.29, 0.717) is 22.7 Å². The van der Waals surface area contributed by atoms with Crippen LogP contribution in [0.15, 0.2) is 42.6 Å². The van der Waals surface area contributed by atoms with Gasteiger partial charge in [0.25, 0.3) is 0 Å². The first-order valence-corrected chi connectivity index (χ1v) is 9.06. The maximum absolute atomic E-state index is 9.93. The van der Waals surface area contributed by atoms with Gasteiger partial charge in [0, 0.05) is 19.0 Å². The molecule has 2 aromatic rings. The van der Waals surface area contributed by atoms with Crippen molar-refractivity contribution in [3.05, 3.63) is 58.3 Å². The van der Waals surface area contributed by atoms with E-state index in [2.05, 4.69) is 9.88 Å². The average molecular weight is 380 g/mol. The Balaban J connectivity index is 1.54. The van der Waals surface area contributed by atoms with Gasteiger partial charge in [0.05, 0.1) is 42.2 Å². The zero-order valence-corrected chi connectivity index (χ0v) is 15.1. The number of nitrogens with zero attached hydrogens (tertiary/aromatic N) is 3. The van der Waals surface area contributed by atoms with Crippen LogP contribution in [0, 0.1) is 5.92 Å². The summed E-state index contributed by atoms with van der Waals surface area (Å²) in [6.07, 6.45) is 1.75. The molecule has 2 aliphatic heterocycles. The Morgan fingerprint density at radius 2 is 2.04 bits per heavy atom. The molecule has 0 bridgehead atoms. The molecule has 3 atom stereocenters. The molecule has 4 rings (SSSR count). The van der Waals surface area contributed by atoms with Crippen molar-refractivity contribution in [2.45, 2.75) is 12.1 Å². The van der Waals surface area contributed by atoms with E-state index in [9.17, 15) is 5.11 Å². The number of hydroxylamine groups is 2. The molecule has 0 unspecified atom stereocenters. The Morgan fingerprint density at radius 3 is 2.76 bits per heavy atom. The van der Waals surface area contributed by atoms with Crippen molar-refractivity contribution in [1.29, 1.82) is 0 Å². The SMILES string of the molecule is OC[C@H](c1ccccc1)N1OC[C@H]2CN(c3cnc(Cl)c(Cl)c3)C[C@H]21. The molecule has 2 saturated heterocycles. The summed E-state index contributed by atoms with van der Waals surface area (Å²) in [6.45, 7) is 2.34. The molecule has 0 spiro atoms. The third-order valence-corrected chi connectivity index (χ3v) is 5.67. The second-order valence-electron chi connectivity index (χ2n) is 6.46. The third kappa shape index (κ3) is 3.23. The topological polar surface area (TPSA) is 48.8 Å². The van der Waals surface area contributed by atoms with Crippen molar-refractivity contribution < 1.29 is 9.94 Å². The number of hydrogen-bond acceptors (Lipinski definition) is 5. The van der Waals surface area contributed by atoms with Crippen molar-refractivity contribution in [2.24, 2.45) is 5.92 Å². The summed E-state index contributed by atoms with van der Waals surface area (Å²) in [5.74, 6) is 0.382. The normalized spacial score (nSPS) is 24.5. The first-order valence-electron chi connectivity index (χ1n) is 8.30. The predicted octanol–water partition coefficient (Wildman–Crippen LogP) is 3.17. The minimum Gasteiger partial charge on any atom is -0.394 e. The van der Waals surface area contributed by atoms with Crippen LogP contribution in [-0.2, 0) is 4.84 Å². The number of benzene rings is 1. The summed E-state index contributed by atoms with van der Waals surface area (Å²) in [7, 11) is 0. The van der Waals surface area contributed by atoms with Crippen molar-refractivity contribution in [3.8, 4) is 0 Å². The number of halogens is 2. The van der Waals surface area contributed by atoms with E-state index in [0.717, 1.165) is 24.3 Å². The standard InChI is InChI=1S/C18H19Cl2N3O2/c19-15-6-14(7-21-18(15)20)22-8-13-11-25-23(16(13)9-22)17(10-24)12-4-2-1-3-5-12/h1-7,13,16-17,24H,8-11H2/t13-,16-,17-/m1/s1. The molecule has 0 amide bonds. The second kappa shape index (κ2) is 7.09. The molecule has 0 radical (unpaired) electrons. The Labute approximate surface area is 156 Å². The molecule has 7 heteroatoms. The molecular weight excluding hydrogens is 361 g/mol. The summed E-state index contributed by atoms with van der Waals surface area (Å²) in [5, 5.41) is 12.7. The lowest BCUT2D eigenvalue weighted by molar-refractivity contribution is -0.171. The van der Waals surface area contributed by atoms with Crippen LogP contribution in [0.3, 0.4) is 0 Å². The highest BCUT2D eigenvalue weighted by atomic mass is 35.5. The lowest BCUT2D eigenvalue weighted by Gasteiger charge is -2.30. The van der Waals surface area contributed by atoms with Gasteiger partial charge in [0.15, 0.2) is 0 Å². The average Bonchev–Trinajstić information content (AvgIpc) is 3.21. The van der Waals surface area contributed by atoms with Gasteiger partial charge in [-0.05, 0) is 11.6 Å². The maximum Gasteiger partial charge on any atom is 0.147 e. The fourth-order valence-corrected chi connectivity index (χ4v) is 3.97. The predicted molar refractivity (Wildman–Crippen MR) is 97.8 cm³/mol. The van der Waals surface area contributed by atoms with Gasteiger partial charge in [-0.25, -0.2) is 4.98 Å². The van der Waals surface area contributed by atoms with Gasteiger partial charge in [-0.15, -0.1) is 0 Å². The molecule has 2 aliphatic rings. The Hall–Kier alpha value is -1.37. The molecular formula is C18H19Cl2N3O2. The van der Waals surface area contributed by atoms with Gasteiger partial charge in [0.2, 0.25) is 0 Å². The first kappa shape index (κ1) is 17.1. The summed E-state index contributed by atoms with van der Waals surface area (Å²) in [5.41, 5.74) is 2.02. The Morgan fingerprint density at radius 1 is 1.24 bits per heavy atom. The van der Waals surface area contributed by atoms with Gasteiger partial charge in [-0.3, -0.25) is 4.84 Å². The zero-order chi connectivity index (χ0) is 17.4. The van der Waals surface area contributed by atoms with E-state index >= 15 is 0 Å². The monoisotopic (exact) mass is 379 g/mol. The van der Waals surface area contributed by atoms with Crippen molar-refractivity contribution in [3.63, 3.8) is 0 Å². The van der Waals surface area contributed by atoms with Gasteiger partial charge >= 0.3 is 0 Å². The molecule has 25 heavy (non-hydrogen) atoms. The molecule has 3 heterocycles. The van der Waals surface area contributed by atoms with Gasteiger partial charge in [-0.2, -0.15) is 5.06 Å². The number of pyridine rings is 1. The maximum atomic E-state index is 9.93. The van der Waals surface area contributed by atoms with Crippen LogP contribution >= 0.6 is 23.2 Å². The van der Waals surface area contributed by atoms with Crippen molar-refractivity contribution in [2.75, 3.05) is 31.2 Å². The molecule has 0 aliphatic carbocycles. The minimum absolute atomic E-state index is 0.0154. The quantitative estimate of drug-likeness (QED) is 0.826. The second-order valence-corrected chi connectivity index (χ2v) is 7.23. The summed E-state index contributed by atoms with van der Waals surface area (Å²) in [6, 6.07) is 11.9. The molecule has 1 N–H and O–H groups in total. The highest BCUT2D eigenvalue weighted by molar-refractivity contribution is 6.41. The summed E-state index contributed by atoms with van der Waals surface area (Å²) in [4.78, 5) is 12.3. The third-order valence-electron chi connectivity index (χ3n) is 4.98. The number of fused-ring (bicyclic) bond motifs is 1. The number of hydrogen-bond donors (Lipinski definition) is 1. The van der Waals surface area contributed by atoms with E-state index in [1.807, 2.05) is 41.5 Å². The zero-order valence-electron chi connectivity index (χ0n) is 13.6. The number of anilines is 1. The van der Waals surface area contributed by atoms with Crippen LogP contribution in [-0.4, -0.2) is 47.5 Å². The highest BCUT2D eigenvalue weighted by Gasteiger charge is 2.45. The molecule has 0 saturated carbocycles. The number of aliphatic hydroxyl groups is 1. The number of rotatable bonds is 4. The largest absolute Gasteiger partial charge is 0.394 e. The molecule has 2 fully saturated rings. The molecule has 1 aromatic heterocycles. The van der Waals surface area contributed by atoms with Gasteiger partial charge in [0.1, 0.15) is 5.15 Å². The minimum atomic E-state index is -0.164. The number of aliphatic hydroxyl groups excluding tert-OH is 1. The van der Waals surface area contributed by atoms with E-state index in [4.69, 9.17) is 28.0 Å². The van der Waals surface area contributed by atoms with E-state index in [-0.39, 0.29) is 18.7 Å². The van der Waals surface area contributed by atoms with Crippen molar-refractivity contribution in [1.82, 2.24) is 10.0 Å². The lowest BCUT2D eigenvalue weighted by Crippen LogP contribution is -2.38. The van der Waals surface area contributed by atoms with Crippen molar-refractivity contribution >= 4 is 28.9 Å². The van der Waals surface area contributed by atoms with Crippen LogP contribution in [0.1, 0.15) is 11.6 Å². The Kier molecular flexibility index (Phi) is 4.84. The van der Waals surface area contributed by atoms with Crippen LogP contribution in [0.2, 0.25) is 10.2 Å². The molecule has 5 nitrogen and oxygen atoms in total. The van der Waals surface area contributed by atoms with Crippen LogP contribution in [0.25, 0.3) is 0 Å². The fraction of sp³-hybridized carbons (Fsp3) is 0.389. The Bertz CT molecular complexity index is 746. The van der Waals surface area contributed by atoms with Crippen LogP contribution in [0.4, 0.5) is 5.69 Å². The van der Waals surface area contributed by atoms with Crippen LogP contribution in [0.5, 0.6) is 0 Å². The van der Waals surface area contributed by atoms with E-state index in [1.54, 1.807) is 6.20 Å². The summed E-state index contributed by atoms with van der Waals surface area (Å²) < 4.78 is 0. The van der Waals surface area contributed by atoms with Crippen LogP contribution < -0.4 is 4.90 Å². The highest BCUT2D eigenvalue weighted by Crippen LogP contribution is 2.37. The first-order chi connectivity index (χ1) is 12.2. The number of aromatic nitrogens is 1. The van der Waals surface area contributed by atoms with Gasteiger partial charge in [-0.1, -0.05) is 53.5 Å². The summed E-state index contributed by atoms with van der Waals surface area (Å²) >= 11 is 12.0. The van der Waals surface area contributed by atoms with E-state index < -0.39 is 0 Å².